The average molecular weight is 294 g/mol. The van der Waals surface area contributed by atoms with E-state index in [0.717, 1.165) is 0 Å². The zero-order valence-electron chi connectivity index (χ0n) is 11.1. The molecule has 0 aliphatic heterocycles. The lowest BCUT2D eigenvalue weighted by molar-refractivity contribution is -0.144. The Kier molecular flexibility index (Phi) is 9.16. The monoisotopic (exact) mass is 293 g/mol. The maximum atomic E-state index is 11.4. The maximum absolute atomic E-state index is 11.4. The lowest BCUT2D eigenvalue weighted by Crippen LogP contribution is -2.28. The van der Waals surface area contributed by atoms with E-state index in [-0.39, 0.29) is 17.9 Å². The van der Waals surface area contributed by atoms with Gasteiger partial charge in [-0.25, -0.2) is 0 Å². The van der Waals surface area contributed by atoms with Gasteiger partial charge >= 0.3 is 5.97 Å². The molecule has 0 spiro atoms. The fourth-order valence-corrected chi connectivity index (χ4v) is 1.53. The fraction of sp³-hybridized carbons (Fsp3) is 0.615. The van der Waals surface area contributed by atoms with Crippen molar-refractivity contribution in [2.75, 3.05) is 6.61 Å². The van der Waals surface area contributed by atoms with Gasteiger partial charge < -0.3 is 10.5 Å². The van der Waals surface area contributed by atoms with E-state index in [1.54, 1.807) is 19.9 Å². The molecule has 18 heavy (non-hydrogen) atoms. The van der Waals surface area contributed by atoms with Crippen LogP contribution in [0.5, 0.6) is 0 Å². The van der Waals surface area contributed by atoms with Crippen molar-refractivity contribution in [3.8, 4) is 0 Å². The molecule has 0 aliphatic rings. The minimum absolute atomic E-state index is 0.0420. The smallest absolute Gasteiger partial charge is 0.306 e. The van der Waals surface area contributed by atoms with Crippen molar-refractivity contribution in [1.29, 1.82) is 0 Å². The third-order valence-electron chi connectivity index (χ3n) is 2.51. The normalized spacial score (nSPS) is 16.3. The highest BCUT2D eigenvalue weighted by atomic mass is 35.5. The van der Waals surface area contributed by atoms with E-state index in [2.05, 4.69) is 0 Å². The minimum atomic E-state index is -0.219. The molecule has 0 aromatic rings. The molecule has 0 heterocycles. The topological polar surface area (TPSA) is 52.3 Å². The SMILES string of the molecule is CCOC(=O)CC(C/C=C\C(Cl)=C(/C)Cl)[C@@H](C)N. The summed E-state index contributed by atoms with van der Waals surface area (Å²) >= 11 is 11.6. The van der Waals surface area contributed by atoms with E-state index < -0.39 is 0 Å². The first kappa shape index (κ1) is 17.5. The lowest BCUT2D eigenvalue weighted by Gasteiger charge is -2.18. The molecule has 0 amide bonds. The van der Waals surface area contributed by atoms with Crippen LogP contribution >= 0.6 is 23.2 Å². The highest BCUT2D eigenvalue weighted by molar-refractivity contribution is 6.39. The Hall–Kier alpha value is -0.510. The van der Waals surface area contributed by atoms with Crippen LogP contribution in [-0.4, -0.2) is 18.6 Å². The van der Waals surface area contributed by atoms with Gasteiger partial charge in [-0.2, -0.15) is 0 Å². The zero-order chi connectivity index (χ0) is 14.1. The average Bonchev–Trinajstić information content (AvgIpc) is 2.27. The maximum Gasteiger partial charge on any atom is 0.306 e. The van der Waals surface area contributed by atoms with Crippen LogP contribution in [0.25, 0.3) is 0 Å². The first-order chi connectivity index (χ1) is 8.38. The molecule has 0 fully saturated rings. The third-order valence-corrected chi connectivity index (χ3v) is 3.22. The highest BCUT2D eigenvalue weighted by Gasteiger charge is 2.17. The van der Waals surface area contributed by atoms with Crippen LogP contribution in [0.4, 0.5) is 0 Å². The molecule has 0 saturated heterocycles. The van der Waals surface area contributed by atoms with Crippen LogP contribution in [0, 0.1) is 5.92 Å². The fourth-order valence-electron chi connectivity index (χ4n) is 1.38. The van der Waals surface area contributed by atoms with E-state index >= 15 is 0 Å². The van der Waals surface area contributed by atoms with Crippen molar-refractivity contribution in [1.82, 2.24) is 0 Å². The van der Waals surface area contributed by atoms with Crippen molar-refractivity contribution in [2.24, 2.45) is 11.7 Å². The second-order valence-corrected chi connectivity index (χ2v) is 5.12. The second kappa shape index (κ2) is 9.42. The van der Waals surface area contributed by atoms with Gasteiger partial charge in [-0.3, -0.25) is 4.79 Å². The summed E-state index contributed by atoms with van der Waals surface area (Å²) in [6, 6.07) is -0.0843. The van der Waals surface area contributed by atoms with Gasteiger partial charge in [-0.15, -0.1) is 0 Å². The van der Waals surface area contributed by atoms with Crippen LogP contribution in [-0.2, 0) is 9.53 Å². The molecule has 1 unspecified atom stereocenters. The number of ether oxygens (including phenoxy) is 1. The Balaban J connectivity index is 4.38. The van der Waals surface area contributed by atoms with E-state index in [1.165, 1.54) is 0 Å². The number of allylic oxidation sites excluding steroid dienone is 4. The highest BCUT2D eigenvalue weighted by Crippen LogP contribution is 2.18. The number of hydrogen-bond donors (Lipinski definition) is 1. The quantitative estimate of drug-likeness (QED) is 0.577. The molecule has 2 N–H and O–H groups in total. The minimum Gasteiger partial charge on any atom is -0.466 e. The predicted molar refractivity (Wildman–Crippen MR) is 76.6 cm³/mol. The molecule has 2 atom stereocenters. The Morgan fingerprint density at radius 3 is 2.50 bits per heavy atom. The Morgan fingerprint density at radius 2 is 2.06 bits per heavy atom. The zero-order valence-corrected chi connectivity index (χ0v) is 12.6. The standard InChI is InChI=1S/C13H21Cl2NO2/c1-4-18-13(17)8-11(10(3)16)6-5-7-12(15)9(2)14/h5,7,10-11H,4,6,8,16H2,1-3H3/b7-5-,12-9-/t10-,11?/m1/s1. The van der Waals surface area contributed by atoms with Crippen molar-refractivity contribution >= 4 is 29.2 Å². The summed E-state index contributed by atoms with van der Waals surface area (Å²) in [5.74, 6) is -0.177. The van der Waals surface area contributed by atoms with Crippen molar-refractivity contribution in [3.05, 3.63) is 22.2 Å². The number of esters is 1. The Morgan fingerprint density at radius 1 is 1.44 bits per heavy atom. The summed E-state index contributed by atoms with van der Waals surface area (Å²) in [5, 5.41) is 1.03. The summed E-state index contributed by atoms with van der Waals surface area (Å²) in [7, 11) is 0. The molecule has 0 aromatic carbocycles. The molecule has 0 rings (SSSR count). The Labute approximate surface area is 119 Å². The largest absolute Gasteiger partial charge is 0.466 e. The molecule has 0 radical (unpaired) electrons. The van der Waals surface area contributed by atoms with E-state index in [0.29, 0.717) is 29.5 Å². The lowest BCUT2D eigenvalue weighted by atomic mass is 9.94. The van der Waals surface area contributed by atoms with Crippen LogP contribution in [0.3, 0.4) is 0 Å². The van der Waals surface area contributed by atoms with E-state index in [9.17, 15) is 4.79 Å². The van der Waals surface area contributed by atoms with Gasteiger partial charge in [0.1, 0.15) is 0 Å². The molecule has 0 aromatic heterocycles. The molecule has 3 nitrogen and oxygen atoms in total. The van der Waals surface area contributed by atoms with Gasteiger partial charge in [0.05, 0.1) is 18.1 Å². The van der Waals surface area contributed by atoms with Crippen LogP contribution in [0.2, 0.25) is 0 Å². The number of carbonyl (C=O) groups is 1. The first-order valence-corrected chi connectivity index (χ1v) is 6.73. The van der Waals surface area contributed by atoms with Crippen molar-refractivity contribution < 1.29 is 9.53 Å². The first-order valence-electron chi connectivity index (χ1n) is 5.98. The van der Waals surface area contributed by atoms with Gasteiger partial charge in [-0.05, 0) is 39.2 Å². The molecule has 0 bridgehead atoms. The summed E-state index contributed by atoms with van der Waals surface area (Å²) in [6.45, 7) is 5.77. The third kappa shape index (κ3) is 7.75. The Bertz CT molecular complexity index is 321. The van der Waals surface area contributed by atoms with Crippen molar-refractivity contribution in [2.45, 2.75) is 39.7 Å². The van der Waals surface area contributed by atoms with Crippen molar-refractivity contribution in [3.63, 3.8) is 0 Å². The summed E-state index contributed by atoms with van der Waals surface area (Å²) in [6.07, 6.45) is 4.58. The van der Waals surface area contributed by atoms with E-state index in [1.807, 2.05) is 13.0 Å². The molecular weight excluding hydrogens is 273 g/mol. The summed E-state index contributed by atoms with van der Waals surface area (Å²) in [5.41, 5.74) is 5.85. The van der Waals surface area contributed by atoms with Crippen LogP contribution in [0.1, 0.15) is 33.6 Å². The van der Waals surface area contributed by atoms with E-state index in [4.69, 9.17) is 33.7 Å². The van der Waals surface area contributed by atoms with Gasteiger partial charge in [-0.1, -0.05) is 29.3 Å². The number of hydrogen-bond acceptors (Lipinski definition) is 3. The van der Waals surface area contributed by atoms with Gasteiger partial charge in [0.25, 0.3) is 0 Å². The number of carbonyl (C=O) groups excluding carboxylic acids is 1. The molecule has 5 heteroatoms. The molecule has 104 valence electrons. The molecular formula is C13H21Cl2NO2. The van der Waals surface area contributed by atoms with Crippen LogP contribution < -0.4 is 5.73 Å². The number of rotatable bonds is 7. The number of nitrogens with two attached hydrogens (primary N) is 1. The molecule has 0 saturated carbocycles. The van der Waals surface area contributed by atoms with Gasteiger partial charge in [0.2, 0.25) is 0 Å². The van der Waals surface area contributed by atoms with Gasteiger partial charge in [0, 0.05) is 11.1 Å². The number of halogens is 2. The molecule has 0 aliphatic carbocycles. The summed E-state index contributed by atoms with van der Waals surface area (Å²) < 4.78 is 4.91. The van der Waals surface area contributed by atoms with Crippen LogP contribution in [0.15, 0.2) is 22.2 Å². The predicted octanol–water partition coefficient (Wildman–Crippen LogP) is 3.56. The summed E-state index contributed by atoms with van der Waals surface area (Å²) in [4.78, 5) is 11.4. The van der Waals surface area contributed by atoms with Gasteiger partial charge in [0.15, 0.2) is 0 Å². The second-order valence-electron chi connectivity index (χ2n) is 4.15.